The van der Waals surface area contributed by atoms with E-state index >= 15 is 0 Å². The summed E-state index contributed by atoms with van der Waals surface area (Å²) >= 11 is 0. The van der Waals surface area contributed by atoms with Crippen LogP contribution in [0, 0.1) is 0 Å². The predicted octanol–water partition coefficient (Wildman–Crippen LogP) is 17.1. The highest BCUT2D eigenvalue weighted by Crippen LogP contribution is 2.58. The van der Waals surface area contributed by atoms with E-state index in [0.717, 1.165) is 0 Å². The van der Waals surface area contributed by atoms with Crippen LogP contribution in [0.1, 0.15) is 7.43 Å². The lowest BCUT2D eigenvalue weighted by atomic mass is 9.87. The van der Waals surface area contributed by atoms with E-state index < -0.39 is 0 Å². The maximum atomic E-state index is 2.48. The van der Waals surface area contributed by atoms with E-state index in [0.29, 0.717) is 0 Å². The molecule has 0 aliphatic heterocycles. The third kappa shape index (κ3) is 3.68. The van der Waals surface area contributed by atoms with Gasteiger partial charge in [-0.3, -0.25) is 0 Å². The highest BCUT2D eigenvalue weighted by atomic mass is 14.3. The minimum absolute atomic E-state index is 0. The van der Waals surface area contributed by atoms with Crippen LogP contribution in [0.5, 0.6) is 0 Å². The van der Waals surface area contributed by atoms with Crippen LogP contribution in [0.25, 0.3) is 152 Å². The van der Waals surface area contributed by atoms with E-state index in [1.54, 1.807) is 0 Å². The van der Waals surface area contributed by atoms with Crippen molar-refractivity contribution in [2.75, 3.05) is 0 Å². The molecule has 0 amide bonds. The van der Waals surface area contributed by atoms with Crippen molar-refractivity contribution in [3.05, 3.63) is 182 Å². The lowest BCUT2D eigenvalue weighted by molar-refractivity contribution is 1.62. The Morgan fingerprint density at radius 2 is 0.644 bits per heavy atom. The monoisotopic (exact) mass is 742 g/mol. The van der Waals surface area contributed by atoms with Gasteiger partial charge in [0.25, 0.3) is 0 Å². The zero-order valence-electron chi connectivity index (χ0n) is 31.3. The molecule has 0 atom stereocenters. The van der Waals surface area contributed by atoms with Crippen LogP contribution in [-0.2, 0) is 0 Å². The van der Waals surface area contributed by atoms with Gasteiger partial charge in [-0.15, -0.1) is 0 Å². The first-order valence-electron chi connectivity index (χ1n) is 20.4. The summed E-state index contributed by atoms with van der Waals surface area (Å²) < 4.78 is 0. The van der Waals surface area contributed by atoms with E-state index in [2.05, 4.69) is 182 Å². The van der Waals surface area contributed by atoms with Crippen LogP contribution < -0.4 is 0 Å². The summed E-state index contributed by atoms with van der Waals surface area (Å²) in [6.45, 7) is 0. The molecule has 0 heterocycles. The van der Waals surface area contributed by atoms with Gasteiger partial charge in [-0.25, -0.2) is 0 Å². The first kappa shape index (κ1) is 31.5. The number of fused-ring (bicyclic) bond motifs is 14. The first-order valence-corrected chi connectivity index (χ1v) is 20.4. The molecule has 0 fully saturated rings. The van der Waals surface area contributed by atoms with Gasteiger partial charge in [-0.1, -0.05) is 177 Å². The lowest BCUT2D eigenvalue weighted by Gasteiger charge is -2.16. The topological polar surface area (TPSA) is 0 Å². The summed E-state index contributed by atoms with van der Waals surface area (Å²) in [6, 6.07) is 69.0. The fourth-order valence-electron chi connectivity index (χ4n) is 11.8. The van der Waals surface area contributed by atoms with Gasteiger partial charge < -0.3 is 0 Å². The van der Waals surface area contributed by atoms with Crippen molar-refractivity contribution in [2.45, 2.75) is 7.43 Å². The molecule has 14 aromatic rings. The molecule has 0 saturated heterocycles. The van der Waals surface area contributed by atoms with Gasteiger partial charge in [-0.05, 0) is 164 Å². The highest BCUT2D eigenvalue weighted by Gasteiger charge is 2.29. The zero-order valence-corrected chi connectivity index (χ0v) is 31.3. The molecule has 0 spiro atoms. The average molecular weight is 743 g/mol. The Bertz CT molecular complexity index is 4080. The van der Waals surface area contributed by atoms with Crippen LogP contribution in [0.4, 0.5) is 0 Å². The van der Waals surface area contributed by atoms with Crippen molar-refractivity contribution < 1.29 is 0 Å². The molecule has 270 valence electrons. The van der Waals surface area contributed by atoms with Gasteiger partial charge in [0.15, 0.2) is 0 Å². The van der Waals surface area contributed by atoms with E-state index in [9.17, 15) is 0 Å². The molecular weight excluding hydrogens is 709 g/mol. The molecule has 0 heteroatoms. The van der Waals surface area contributed by atoms with Crippen molar-refractivity contribution in [1.82, 2.24) is 0 Å². The van der Waals surface area contributed by atoms with Crippen molar-refractivity contribution in [3.63, 3.8) is 0 Å². The summed E-state index contributed by atoms with van der Waals surface area (Å²) in [5.41, 5.74) is 10.5. The van der Waals surface area contributed by atoms with Gasteiger partial charge in [0, 0.05) is 0 Å². The van der Waals surface area contributed by atoms with Crippen LogP contribution in [0.15, 0.2) is 182 Å². The second-order valence-corrected chi connectivity index (χ2v) is 16.6. The summed E-state index contributed by atoms with van der Waals surface area (Å²) in [7, 11) is 0. The van der Waals surface area contributed by atoms with Gasteiger partial charge in [0.2, 0.25) is 0 Å². The summed E-state index contributed by atoms with van der Waals surface area (Å²) in [5, 5.41) is 27.2. The summed E-state index contributed by atoms with van der Waals surface area (Å²) in [6.07, 6.45) is 0. The quantitative estimate of drug-likeness (QED) is 0.122. The Hall–Kier alpha value is -7.54. The van der Waals surface area contributed by atoms with Gasteiger partial charge >= 0.3 is 0 Å². The molecule has 1 aliphatic rings. The first-order chi connectivity index (χ1) is 28.8. The molecule has 59 heavy (non-hydrogen) atoms. The maximum absolute atomic E-state index is 2.48. The van der Waals surface area contributed by atoms with Crippen LogP contribution in [-0.4, -0.2) is 0 Å². The molecule has 1 aliphatic carbocycles. The van der Waals surface area contributed by atoms with Crippen molar-refractivity contribution in [2.24, 2.45) is 0 Å². The Kier molecular flexibility index (Phi) is 5.82. The van der Waals surface area contributed by atoms with E-state index in [1.165, 1.54) is 152 Å². The fraction of sp³-hybridized carbons (Fsp3) is 0.0169. The summed E-state index contributed by atoms with van der Waals surface area (Å²) in [5.74, 6) is 0. The van der Waals surface area contributed by atoms with Gasteiger partial charge in [0.1, 0.15) is 0 Å². The van der Waals surface area contributed by atoms with Crippen LogP contribution >= 0.6 is 0 Å². The molecule has 0 saturated carbocycles. The van der Waals surface area contributed by atoms with Crippen molar-refractivity contribution >= 4 is 108 Å². The normalized spacial score (nSPS) is 12.6. The number of hydrogen-bond donors (Lipinski definition) is 0. The number of benzene rings is 12. The molecule has 0 N–H and O–H groups in total. The SMILES string of the molecule is C.c1ccc(-c2ccc3c(c2)-c2ccc4c5ccc6c7c(ccc(c8ccc-3c2c84)c57)c2c(-c3ccccc3)c3cc4ccccc4c4c5ccccc5c(c62)c34)cc1. The zero-order chi connectivity index (χ0) is 37.4. The Balaban J connectivity index is 0.00000346. The van der Waals surface area contributed by atoms with E-state index in [1.807, 2.05) is 0 Å². The molecule has 0 bridgehead atoms. The van der Waals surface area contributed by atoms with Gasteiger partial charge in [0.05, 0.1) is 0 Å². The Morgan fingerprint density at radius 3 is 1.36 bits per heavy atom. The third-order valence-electron chi connectivity index (χ3n) is 14.0. The van der Waals surface area contributed by atoms with Crippen molar-refractivity contribution in [1.29, 1.82) is 0 Å². The molecule has 14 aromatic carbocycles. The smallest absolute Gasteiger partial charge is 0.000696 e. The Labute approximate surface area is 340 Å². The predicted molar refractivity (Wildman–Crippen MR) is 257 cm³/mol. The van der Waals surface area contributed by atoms with Crippen LogP contribution in [0.3, 0.4) is 0 Å². The number of rotatable bonds is 2. The second-order valence-electron chi connectivity index (χ2n) is 16.6. The van der Waals surface area contributed by atoms with E-state index in [4.69, 9.17) is 0 Å². The second kappa shape index (κ2) is 10.9. The molecule has 0 radical (unpaired) electrons. The molecule has 0 unspecified atom stereocenters. The number of hydrogen-bond acceptors (Lipinski definition) is 0. The lowest BCUT2D eigenvalue weighted by Crippen LogP contribution is -1.88. The maximum Gasteiger partial charge on any atom is -0.000696 e. The molecule has 15 rings (SSSR count). The molecular formula is C59H34. The standard InChI is InChI=1S/C58H30.CH4/c1-3-11-31(12-4-1)33-19-20-36-39-21-22-40-42-25-27-45-54-46(28-26-43(53(42)54)41-23-24-44(47(36)29-33)51(39)52(40)41)57-55-38-18-10-9-17-37(38)50-35-16-8-7-15-34(35)30-48(58(50)55)49(56(45)57)32-13-5-2-6-14-32;/h1-30H;1H4. The minimum Gasteiger partial charge on any atom is -0.0776 e. The average Bonchev–Trinajstić information content (AvgIpc) is 3.93. The van der Waals surface area contributed by atoms with Crippen LogP contribution in [0.2, 0.25) is 0 Å². The molecule has 0 aromatic heterocycles. The third-order valence-corrected chi connectivity index (χ3v) is 14.0. The molecule has 0 nitrogen and oxygen atoms in total. The van der Waals surface area contributed by atoms with Gasteiger partial charge in [-0.2, -0.15) is 0 Å². The van der Waals surface area contributed by atoms with E-state index in [-0.39, 0.29) is 7.43 Å². The Morgan fingerprint density at radius 1 is 0.203 bits per heavy atom. The largest absolute Gasteiger partial charge is 0.0776 e. The summed E-state index contributed by atoms with van der Waals surface area (Å²) in [4.78, 5) is 0. The minimum atomic E-state index is 0. The van der Waals surface area contributed by atoms with Crippen molar-refractivity contribution in [3.8, 4) is 44.5 Å². The fourth-order valence-corrected chi connectivity index (χ4v) is 11.8. The highest BCUT2D eigenvalue weighted by molar-refractivity contribution is 6.52.